The van der Waals surface area contributed by atoms with Gasteiger partial charge in [0.1, 0.15) is 0 Å². The number of nitrogens with one attached hydrogen (secondary N) is 1. The van der Waals surface area contributed by atoms with Crippen LogP contribution in [0.3, 0.4) is 0 Å². The quantitative estimate of drug-likeness (QED) is 0.668. The molecule has 16 heavy (non-hydrogen) atoms. The predicted molar refractivity (Wildman–Crippen MR) is 69.8 cm³/mol. The molecular formula is C13H13BrN2. The fraction of sp³-hybridized carbons (Fsp3) is 0.0769. The van der Waals surface area contributed by atoms with Crippen molar-refractivity contribution in [1.29, 1.82) is 0 Å². The van der Waals surface area contributed by atoms with E-state index in [-0.39, 0.29) is 6.04 Å². The van der Waals surface area contributed by atoms with Crippen LogP contribution >= 0.6 is 15.9 Å². The highest BCUT2D eigenvalue weighted by Gasteiger charge is 2.13. The van der Waals surface area contributed by atoms with Gasteiger partial charge in [-0.05, 0) is 17.2 Å². The topological polar surface area (TPSA) is 38.0 Å². The summed E-state index contributed by atoms with van der Waals surface area (Å²) in [6, 6.07) is 18.2. The van der Waals surface area contributed by atoms with Crippen LogP contribution in [0.5, 0.6) is 0 Å². The molecule has 3 N–H and O–H groups in total. The van der Waals surface area contributed by atoms with E-state index >= 15 is 0 Å². The van der Waals surface area contributed by atoms with Gasteiger partial charge in [0.25, 0.3) is 0 Å². The molecule has 82 valence electrons. The molecule has 0 radical (unpaired) electrons. The lowest BCUT2D eigenvalue weighted by Gasteiger charge is -2.18. The van der Waals surface area contributed by atoms with E-state index in [4.69, 9.17) is 5.84 Å². The normalized spacial score (nSPS) is 12.4. The van der Waals surface area contributed by atoms with Gasteiger partial charge >= 0.3 is 0 Å². The fourth-order valence-corrected chi connectivity index (χ4v) is 2.23. The van der Waals surface area contributed by atoms with Crippen LogP contribution in [-0.2, 0) is 0 Å². The second-order valence-corrected chi connectivity index (χ2v) is 4.39. The zero-order valence-corrected chi connectivity index (χ0v) is 10.3. The van der Waals surface area contributed by atoms with Gasteiger partial charge in [-0.25, -0.2) is 5.43 Å². The molecule has 0 spiro atoms. The Bertz CT molecular complexity index is 456. The molecule has 2 aromatic carbocycles. The van der Waals surface area contributed by atoms with E-state index in [2.05, 4.69) is 39.6 Å². The van der Waals surface area contributed by atoms with Crippen molar-refractivity contribution in [3.8, 4) is 0 Å². The van der Waals surface area contributed by atoms with Crippen molar-refractivity contribution in [3.63, 3.8) is 0 Å². The maximum atomic E-state index is 5.63. The first kappa shape index (κ1) is 11.3. The Kier molecular flexibility index (Phi) is 3.72. The summed E-state index contributed by atoms with van der Waals surface area (Å²) in [6.07, 6.45) is 0. The van der Waals surface area contributed by atoms with Gasteiger partial charge in [-0.3, -0.25) is 5.84 Å². The molecule has 0 saturated carbocycles. The number of hydrogen-bond acceptors (Lipinski definition) is 2. The van der Waals surface area contributed by atoms with Gasteiger partial charge in [-0.2, -0.15) is 0 Å². The fourth-order valence-electron chi connectivity index (χ4n) is 1.72. The first-order chi connectivity index (χ1) is 7.83. The van der Waals surface area contributed by atoms with E-state index in [0.29, 0.717) is 0 Å². The number of rotatable bonds is 3. The van der Waals surface area contributed by atoms with E-state index < -0.39 is 0 Å². The third kappa shape index (κ3) is 2.32. The Morgan fingerprint density at radius 1 is 0.938 bits per heavy atom. The van der Waals surface area contributed by atoms with E-state index in [1.54, 1.807) is 0 Å². The molecule has 0 aliphatic heterocycles. The SMILES string of the molecule is NNC(c1ccccc1)c1ccccc1Br. The number of hydrazine groups is 1. The van der Waals surface area contributed by atoms with Crippen molar-refractivity contribution in [1.82, 2.24) is 5.43 Å². The van der Waals surface area contributed by atoms with Gasteiger partial charge in [0.2, 0.25) is 0 Å². The number of hydrogen-bond donors (Lipinski definition) is 2. The summed E-state index contributed by atoms with van der Waals surface area (Å²) >= 11 is 3.54. The summed E-state index contributed by atoms with van der Waals surface area (Å²) in [4.78, 5) is 0. The highest BCUT2D eigenvalue weighted by molar-refractivity contribution is 9.10. The molecule has 0 bridgehead atoms. The van der Waals surface area contributed by atoms with Crippen molar-refractivity contribution in [2.75, 3.05) is 0 Å². The van der Waals surface area contributed by atoms with Crippen molar-refractivity contribution in [2.45, 2.75) is 6.04 Å². The Morgan fingerprint density at radius 2 is 1.56 bits per heavy atom. The summed E-state index contributed by atoms with van der Waals surface area (Å²) in [6.45, 7) is 0. The molecular weight excluding hydrogens is 264 g/mol. The average molecular weight is 277 g/mol. The van der Waals surface area contributed by atoms with Crippen molar-refractivity contribution in [3.05, 3.63) is 70.2 Å². The molecule has 1 atom stereocenters. The minimum atomic E-state index is 0.0109. The number of halogens is 1. The lowest BCUT2D eigenvalue weighted by Crippen LogP contribution is -2.29. The largest absolute Gasteiger partial charge is 0.271 e. The molecule has 0 heterocycles. The van der Waals surface area contributed by atoms with E-state index in [9.17, 15) is 0 Å². The average Bonchev–Trinajstić information content (AvgIpc) is 2.34. The Morgan fingerprint density at radius 3 is 2.19 bits per heavy atom. The second kappa shape index (κ2) is 5.25. The Labute approximate surface area is 104 Å². The monoisotopic (exact) mass is 276 g/mol. The first-order valence-electron chi connectivity index (χ1n) is 5.08. The highest BCUT2D eigenvalue weighted by atomic mass is 79.9. The summed E-state index contributed by atoms with van der Waals surface area (Å²) in [5.41, 5.74) is 5.13. The lowest BCUT2D eigenvalue weighted by atomic mass is 9.99. The molecule has 0 amide bonds. The predicted octanol–water partition coefficient (Wildman–Crippen LogP) is 3.00. The molecule has 0 fully saturated rings. The summed E-state index contributed by atoms with van der Waals surface area (Å²) < 4.78 is 1.06. The second-order valence-electron chi connectivity index (χ2n) is 3.53. The molecule has 2 rings (SSSR count). The van der Waals surface area contributed by atoms with E-state index in [1.807, 2.05) is 36.4 Å². The molecule has 3 heteroatoms. The van der Waals surface area contributed by atoms with Crippen LogP contribution in [0, 0.1) is 0 Å². The summed E-state index contributed by atoms with van der Waals surface area (Å²) in [5, 5.41) is 0. The summed E-state index contributed by atoms with van der Waals surface area (Å²) in [7, 11) is 0. The zero-order chi connectivity index (χ0) is 11.4. The van der Waals surface area contributed by atoms with Gasteiger partial charge in [-0.1, -0.05) is 64.5 Å². The minimum Gasteiger partial charge on any atom is -0.271 e. The van der Waals surface area contributed by atoms with Crippen LogP contribution in [0.4, 0.5) is 0 Å². The van der Waals surface area contributed by atoms with E-state index in [0.717, 1.165) is 15.6 Å². The molecule has 0 saturated heterocycles. The first-order valence-corrected chi connectivity index (χ1v) is 5.87. The zero-order valence-electron chi connectivity index (χ0n) is 8.73. The van der Waals surface area contributed by atoms with Crippen LogP contribution in [0.15, 0.2) is 59.1 Å². The summed E-state index contributed by atoms with van der Waals surface area (Å²) in [5.74, 6) is 5.63. The lowest BCUT2D eigenvalue weighted by molar-refractivity contribution is 0.634. The molecule has 1 unspecified atom stereocenters. The van der Waals surface area contributed by atoms with Gasteiger partial charge in [0, 0.05) is 4.47 Å². The smallest absolute Gasteiger partial charge is 0.0721 e. The maximum absolute atomic E-state index is 5.63. The third-order valence-corrected chi connectivity index (χ3v) is 3.24. The molecule has 2 nitrogen and oxygen atoms in total. The Balaban J connectivity index is 2.41. The van der Waals surface area contributed by atoms with Gasteiger partial charge in [0.05, 0.1) is 6.04 Å². The number of benzene rings is 2. The van der Waals surface area contributed by atoms with Crippen LogP contribution < -0.4 is 11.3 Å². The van der Waals surface area contributed by atoms with Gasteiger partial charge in [0.15, 0.2) is 0 Å². The van der Waals surface area contributed by atoms with Crippen LogP contribution in [-0.4, -0.2) is 0 Å². The van der Waals surface area contributed by atoms with Crippen molar-refractivity contribution in [2.24, 2.45) is 5.84 Å². The third-order valence-electron chi connectivity index (χ3n) is 2.52. The van der Waals surface area contributed by atoms with Crippen molar-refractivity contribution >= 4 is 15.9 Å². The van der Waals surface area contributed by atoms with Crippen LogP contribution in [0.25, 0.3) is 0 Å². The molecule has 0 aromatic heterocycles. The Hall–Kier alpha value is -1.16. The molecule has 0 aliphatic carbocycles. The number of nitrogens with two attached hydrogens (primary N) is 1. The molecule has 0 aliphatic rings. The van der Waals surface area contributed by atoms with Gasteiger partial charge in [-0.15, -0.1) is 0 Å². The molecule has 2 aromatic rings. The minimum absolute atomic E-state index is 0.0109. The van der Waals surface area contributed by atoms with Gasteiger partial charge < -0.3 is 0 Å². The van der Waals surface area contributed by atoms with Crippen LogP contribution in [0.1, 0.15) is 17.2 Å². The van der Waals surface area contributed by atoms with E-state index in [1.165, 1.54) is 0 Å². The highest BCUT2D eigenvalue weighted by Crippen LogP contribution is 2.27. The standard InChI is InChI=1S/C13H13BrN2/c14-12-9-5-4-8-11(12)13(16-15)10-6-2-1-3-7-10/h1-9,13,16H,15H2. The van der Waals surface area contributed by atoms with Crippen LogP contribution in [0.2, 0.25) is 0 Å². The maximum Gasteiger partial charge on any atom is 0.0721 e. The van der Waals surface area contributed by atoms with Crippen molar-refractivity contribution < 1.29 is 0 Å².